The first-order chi connectivity index (χ1) is 7.77. The molecule has 0 saturated carbocycles. The van der Waals surface area contributed by atoms with E-state index < -0.39 is 0 Å². The molecule has 0 aliphatic rings. The maximum absolute atomic E-state index is 5.96. The van der Waals surface area contributed by atoms with Gasteiger partial charge in [0.25, 0.3) is 0 Å². The van der Waals surface area contributed by atoms with Gasteiger partial charge in [-0.05, 0) is 29.3 Å². The molecule has 0 bridgehead atoms. The third-order valence-corrected chi connectivity index (χ3v) is 3.13. The third-order valence-electron chi connectivity index (χ3n) is 2.43. The molecule has 0 aliphatic heterocycles. The lowest BCUT2D eigenvalue weighted by molar-refractivity contribution is 0.823. The Kier molecular flexibility index (Phi) is 3.37. The topological polar surface area (TPSA) is 38.4 Å². The van der Waals surface area contributed by atoms with E-state index in [1.807, 2.05) is 30.3 Å². The van der Waals surface area contributed by atoms with Gasteiger partial charge in [0, 0.05) is 5.56 Å². The monoisotopic (exact) mass is 230 g/mol. The normalized spacial score (nSPS) is 13.7. The maximum Gasteiger partial charge on any atom is 0.126 e. The van der Waals surface area contributed by atoms with Crippen LogP contribution < -0.4 is 5.73 Å². The van der Waals surface area contributed by atoms with Crippen molar-refractivity contribution in [3.05, 3.63) is 58.3 Å². The molecule has 16 heavy (non-hydrogen) atoms. The second-order valence-corrected chi connectivity index (χ2v) is 4.39. The lowest BCUT2D eigenvalue weighted by Crippen LogP contribution is -2.14. The summed E-state index contributed by atoms with van der Waals surface area (Å²) in [5.74, 6) is 0.597. The zero-order valence-corrected chi connectivity index (χ0v) is 9.95. The standard InChI is InChI=1S/C13H14N2S/c1-10(12-7-8-16-9-12)15-13(14)11-5-3-2-4-6-11/h2-10H,1H3,(H2,14,15). The number of hydrogen-bond donors (Lipinski definition) is 1. The van der Waals surface area contributed by atoms with Gasteiger partial charge in [0.15, 0.2) is 0 Å². The highest BCUT2D eigenvalue weighted by Gasteiger charge is 2.05. The Bertz CT molecular complexity index is 460. The van der Waals surface area contributed by atoms with Gasteiger partial charge in [-0.2, -0.15) is 11.3 Å². The van der Waals surface area contributed by atoms with Crippen LogP contribution in [0.5, 0.6) is 0 Å². The van der Waals surface area contributed by atoms with Crippen LogP contribution in [-0.4, -0.2) is 5.84 Å². The number of aliphatic imine (C=N–C) groups is 1. The summed E-state index contributed by atoms with van der Waals surface area (Å²) in [5, 5.41) is 4.16. The number of rotatable bonds is 3. The number of thiophene rings is 1. The third kappa shape index (κ3) is 2.49. The fourth-order valence-electron chi connectivity index (χ4n) is 1.48. The number of amidine groups is 1. The Balaban J connectivity index is 2.19. The molecule has 1 unspecified atom stereocenters. The minimum absolute atomic E-state index is 0.117. The van der Waals surface area contributed by atoms with Crippen LogP contribution in [0.2, 0.25) is 0 Å². The van der Waals surface area contributed by atoms with Crippen LogP contribution in [0.1, 0.15) is 24.1 Å². The van der Waals surface area contributed by atoms with Crippen LogP contribution in [0.3, 0.4) is 0 Å². The van der Waals surface area contributed by atoms with E-state index in [0.717, 1.165) is 5.56 Å². The summed E-state index contributed by atoms with van der Waals surface area (Å²) in [6, 6.07) is 12.0. The van der Waals surface area contributed by atoms with Gasteiger partial charge in [-0.15, -0.1) is 0 Å². The van der Waals surface area contributed by atoms with E-state index in [1.165, 1.54) is 5.56 Å². The SMILES string of the molecule is CC(N=C(N)c1ccccc1)c1ccsc1. The van der Waals surface area contributed by atoms with Gasteiger partial charge < -0.3 is 5.73 Å². The van der Waals surface area contributed by atoms with E-state index in [9.17, 15) is 0 Å². The zero-order chi connectivity index (χ0) is 11.4. The first-order valence-electron chi connectivity index (χ1n) is 5.18. The van der Waals surface area contributed by atoms with Crippen LogP contribution in [-0.2, 0) is 0 Å². The average molecular weight is 230 g/mol. The molecule has 0 amide bonds. The average Bonchev–Trinajstić information content (AvgIpc) is 2.83. The highest BCUT2D eigenvalue weighted by atomic mass is 32.1. The first kappa shape index (κ1) is 10.9. The van der Waals surface area contributed by atoms with E-state index in [1.54, 1.807) is 11.3 Å². The fourth-order valence-corrected chi connectivity index (χ4v) is 2.23. The molecule has 1 aromatic carbocycles. The van der Waals surface area contributed by atoms with Crippen LogP contribution in [0.4, 0.5) is 0 Å². The Morgan fingerprint density at radius 3 is 2.62 bits per heavy atom. The highest BCUT2D eigenvalue weighted by molar-refractivity contribution is 7.07. The van der Waals surface area contributed by atoms with Gasteiger partial charge in [-0.1, -0.05) is 30.3 Å². The van der Waals surface area contributed by atoms with Gasteiger partial charge in [0.05, 0.1) is 6.04 Å². The molecule has 0 fully saturated rings. The van der Waals surface area contributed by atoms with Crippen molar-refractivity contribution >= 4 is 17.2 Å². The predicted octanol–water partition coefficient (Wildman–Crippen LogP) is 3.21. The molecule has 2 rings (SSSR count). The second kappa shape index (κ2) is 4.94. The van der Waals surface area contributed by atoms with Crippen LogP contribution in [0.15, 0.2) is 52.2 Å². The first-order valence-corrected chi connectivity index (χ1v) is 6.12. The largest absolute Gasteiger partial charge is 0.383 e. The molecule has 2 aromatic rings. The molecule has 1 aromatic heterocycles. The minimum atomic E-state index is 0.117. The van der Waals surface area contributed by atoms with Crippen LogP contribution in [0.25, 0.3) is 0 Å². The predicted molar refractivity (Wildman–Crippen MR) is 69.9 cm³/mol. The van der Waals surface area contributed by atoms with Crippen molar-refractivity contribution in [3.63, 3.8) is 0 Å². The molecule has 0 radical (unpaired) electrons. The Morgan fingerprint density at radius 1 is 1.25 bits per heavy atom. The second-order valence-electron chi connectivity index (χ2n) is 3.61. The van der Waals surface area contributed by atoms with Crippen molar-refractivity contribution in [1.29, 1.82) is 0 Å². The zero-order valence-electron chi connectivity index (χ0n) is 9.13. The molecule has 1 atom stereocenters. The van der Waals surface area contributed by atoms with Gasteiger partial charge >= 0.3 is 0 Å². The lowest BCUT2D eigenvalue weighted by atomic mass is 10.1. The summed E-state index contributed by atoms with van der Waals surface area (Å²) in [5.41, 5.74) is 8.14. The fraction of sp³-hybridized carbons (Fsp3) is 0.154. The van der Waals surface area contributed by atoms with Gasteiger partial charge in [-0.25, -0.2) is 0 Å². The molecular weight excluding hydrogens is 216 g/mol. The molecule has 0 aliphatic carbocycles. The van der Waals surface area contributed by atoms with Crippen molar-refractivity contribution in [3.8, 4) is 0 Å². The number of hydrogen-bond acceptors (Lipinski definition) is 2. The maximum atomic E-state index is 5.96. The Labute approximate surface area is 99.5 Å². The van der Waals surface area contributed by atoms with E-state index in [0.29, 0.717) is 5.84 Å². The molecular formula is C13H14N2S. The summed E-state index contributed by atoms with van der Waals surface area (Å²) >= 11 is 1.68. The quantitative estimate of drug-likeness (QED) is 0.638. The highest BCUT2D eigenvalue weighted by Crippen LogP contribution is 2.19. The van der Waals surface area contributed by atoms with E-state index >= 15 is 0 Å². The van der Waals surface area contributed by atoms with Crippen LogP contribution in [0, 0.1) is 0 Å². The molecule has 1 heterocycles. The molecule has 0 saturated heterocycles. The number of nitrogens with zero attached hydrogens (tertiary/aromatic N) is 1. The number of nitrogens with two attached hydrogens (primary N) is 1. The van der Waals surface area contributed by atoms with Crippen LogP contribution >= 0.6 is 11.3 Å². The van der Waals surface area contributed by atoms with Crippen molar-refractivity contribution in [2.45, 2.75) is 13.0 Å². The van der Waals surface area contributed by atoms with Crippen molar-refractivity contribution in [1.82, 2.24) is 0 Å². The van der Waals surface area contributed by atoms with E-state index in [2.05, 4.69) is 28.7 Å². The van der Waals surface area contributed by atoms with Gasteiger partial charge in [-0.3, -0.25) is 4.99 Å². The molecule has 0 spiro atoms. The van der Waals surface area contributed by atoms with E-state index in [4.69, 9.17) is 5.73 Å². The summed E-state index contributed by atoms with van der Waals surface area (Å²) in [6.45, 7) is 2.05. The molecule has 3 heteroatoms. The Morgan fingerprint density at radius 2 is 2.00 bits per heavy atom. The smallest absolute Gasteiger partial charge is 0.126 e. The summed E-state index contributed by atoms with van der Waals surface area (Å²) in [6.07, 6.45) is 0. The number of benzene rings is 1. The van der Waals surface area contributed by atoms with Crippen molar-refractivity contribution in [2.24, 2.45) is 10.7 Å². The molecule has 2 N–H and O–H groups in total. The van der Waals surface area contributed by atoms with Gasteiger partial charge in [0.2, 0.25) is 0 Å². The van der Waals surface area contributed by atoms with Crippen molar-refractivity contribution in [2.75, 3.05) is 0 Å². The van der Waals surface area contributed by atoms with Crippen molar-refractivity contribution < 1.29 is 0 Å². The summed E-state index contributed by atoms with van der Waals surface area (Å²) in [7, 11) is 0. The lowest BCUT2D eigenvalue weighted by Gasteiger charge is -2.06. The van der Waals surface area contributed by atoms with Gasteiger partial charge in [0.1, 0.15) is 5.84 Å². The molecule has 82 valence electrons. The molecule has 2 nitrogen and oxygen atoms in total. The minimum Gasteiger partial charge on any atom is -0.383 e. The summed E-state index contributed by atoms with van der Waals surface area (Å²) in [4.78, 5) is 4.49. The van der Waals surface area contributed by atoms with E-state index in [-0.39, 0.29) is 6.04 Å². The summed E-state index contributed by atoms with van der Waals surface area (Å²) < 4.78 is 0. The Hall–Kier alpha value is -1.61.